The number of rotatable bonds is 3. The van der Waals surface area contributed by atoms with Crippen molar-refractivity contribution in [1.29, 1.82) is 0 Å². The molecule has 0 spiro atoms. The number of halogens is 2. The van der Waals surface area contributed by atoms with Gasteiger partial charge in [-0.2, -0.15) is 9.49 Å². The van der Waals surface area contributed by atoms with E-state index in [4.69, 9.17) is 16.3 Å². The van der Waals surface area contributed by atoms with Gasteiger partial charge in [0.1, 0.15) is 17.8 Å². The summed E-state index contributed by atoms with van der Waals surface area (Å²) in [7, 11) is 0. The third kappa shape index (κ3) is 2.48. The number of hydrogen-bond donors (Lipinski definition) is 0. The number of nitro benzene ring substituents is 1. The summed E-state index contributed by atoms with van der Waals surface area (Å²) in [6, 6.07) is 4.93. The molecule has 3 rings (SSSR count). The Morgan fingerprint density at radius 3 is 2.95 bits per heavy atom. The van der Waals surface area contributed by atoms with Gasteiger partial charge in [0.25, 0.3) is 0 Å². The summed E-state index contributed by atoms with van der Waals surface area (Å²) in [5, 5.41) is 14.5. The quantitative estimate of drug-likeness (QED) is 0.548. The molecule has 0 atom stereocenters. The Labute approximate surface area is 121 Å². The maximum Gasteiger partial charge on any atom is 0.306 e. The molecule has 0 fully saturated rings. The average Bonchev–Trinajstić information content (AvgIpc) is 2.89. The smallest absolute Gasteiger partial charge is 0.306 e. The molecule has 7 nitrogen and oxygen atoms in total. The van der Waals surface area contributed by atoms with E-state index in [-0.39, 0.29) is 10.8 Å². The fraction of sp³-hybridized carbons (Fsp3) is 0. The third-order valence-electron chi connectivity index (χ3n) is 2.68. The molecule has 0 radical (unpaired) electrons. The Kier molecular flexibility index (Phi) is 3.15. The highest BCUT2D eigenvalue weighted by Gasteiger charge is 2.18. The highest BCUT2D eigenvalue weighted by molar-refractivity contribution is 6.32. The van der Waals surface area contributed by atoms with Crippen LogP contribution in [0.5, 0.6) is 11.5 Å². The standard InChI is InChI=1S/C12H6ClFN4O3/c13-8-4-10(18(19)20)9(14)5-11(8)21-7-1-2-17-12(3-7)15-6-16-17/h1-6H. The molecule has 0 aliphatic rings. The molecule has 2 heterocycles. The summed E-state index contributed by atoms with van der Waals surface area (Å²) < 4.78 is 20.5. The van der Waals surface area contributed by atoms with Gasteiger partial charge in [0.2, 0.25) is 5.82 Å². The molecule has 2 aromatic heterocycles. The first-order chi connectivity index (χ1) is 10.0. The minimum atomic E-state index is -1.03. The monoisotopic (exact) mass is 308 g/mol. The van der Waals surface area contributed by atoms with Crippen molar-refractivity contribution < 1.29 is 14.1 Å². The van der Waals surface area contributed by atoms with Gasteiger partial charge in [0.15, 0.2) is 5.65 Å². The van der Waals surface area contributed by atoms with Crippen molar-refractivity contribution >= 4 is 22.9 Å². The first-order valence-electron chi connectivity index (χ1n) is 5.65. The SMILES string of the molecule is O=[N+]([O-])c1cc(Cl)c(Oc2ccn3ncnc3c2)cc1F. The van der Waals surface area contributed by atoms with E-state index in [1.807, 2.05) is 0 Å². The van der Waals surface area contributed by atoms with E-state index in [1.165, 1.54) is 10.8 Å². The molecule has 0 unspecified atom stereocenters. The van der Waals surface area contributed by atoms with Crippen LogP contribution in [-0.4, -0.2) is 19.5 Å². The van der Waals surface area contributed by atoms with E-state index in [0.717, 1.165) is 12.1 Å². The van der Waals surface area contributed by atoms with E-state index in [1.54, 1.807) is 18.3 Å². The van der Waals surface area contributed by atoms with Crippen molar-refractivity contribution in [3.63, 3.8) is 0 Å². The Morgan fingerprint density at radius 2 is 2.19 bits per heavy atom. The molecule has 1 aromatic carbocycles. The molecule has 0 aliphatic carbocycles. The maximum absolute atomic E-state index is 13.6. The Balaban J connectivity index is 1.97. The second-order valence-corrected chi connectivity index (χ2v) is 4.43. The van der Waals surface area contributed by atoms with Gasteiger partial charge in [0, 0.05) is 24.4 Å². The van der Waals surface area contributed by atoms with Gasteiger partial charge >= 0.3 is 5.69 Å². The van der Waals surface area contributed by atoms with Crippen LogP contribution in [0.3, 0.4) is 0 Å². The lowest BCUT2D eigenvalue weighted by molar-refractivity contribution is -0.387. The van der Waals surface area contributed by atoms with E-state index in [2.05, 4.69) is 10.1 Å². The molecule has 3 aromatic rings. The minimum absolute atomic E-state index is 0.0244. The Bertz CT molecular complexity index is 852. The first-order valence-corrected chi connectivity index (χ1v) is 6.03. The van der Waals surface area contributed by atoms with E-state index >= 15 is 0 Å². The van der Waals surface area contributed by atoms with Crippen molar-refractivity contribution in [3.8, 4) is 11.5 Å². The van der Waals surface area contributed by atoms with Crippen LogP contribution >= 0.6 is 11.6 Å². The van der Waals surface area contributed by atoms with Crippen molar-refractivity contribution in [2.24, 2.45) is 0 Å². The highest BCUT2D eigenvalue weighted by Crippen LogP contribution is 2.34. The van der Waals surface area contributed by atoms with Crippen LogP contribution in [0, 0.1) is 15.9 Å². The summed E-state index contributed by atoms with van der Waals surface area (Å²) in [6.45, 7) is 0. The van der Waals surface area contributed by atoms with Gasteiger partial charge in [-0.15, -0.1) is 0 Å². The zero-order valence-electron chi connectivity index (χ0n) is 10.2. The summed E-state index contributed by atoms with van der Waals surface area (Å²) in [4.78, 5) is 13.7. The lowest BCUT2D eigenvalue weighted by Crippen LogP contribution is -1.95. The van der Waals surface area contributed by atoms with Crippen molar-refractivity contribution in [3.05, 3.63) is 57.7 Å². The molecule has 9 heteroatoms. The van der Waals surface area contributed by atoms with Gasteiger partial charge in [-0.3, -0.25) is 10.1 Å². The van der Waals surface area contributed by atoms with Crippen LogP contribution in [0.4, 0.5) is 10.1 Å². The number of aromatic nitrogens is 3. The topological polar surface area (TPSA) is 82.6 Å². The molecular weight excluding hydrogens is 303 g/mol. The predicted molar refractivity (Wildman–Crippen MR) is 71.1 cm³/mol. The largest absolute Gasteiger partial charge is 0.455 e. The maximum atomic E-state index is 13.6. The van der Waals surface area contributed by atoms with Crippen LogP contribution in [0.15, 0.2) is 36.8 Å². The van der Waals surface area contributed by atoms with Crippen LogP contribution in [-0.2, 0) is 0 Å². The Hall–Kier alpha value is -2.74. The second kappa shape index (κ2) is 4.98. The van der Waals surface area contributed by atoms with Crippen LogP contribution in [0.1, 0.15) is 0 Å². The van der Waals surface area contributed by atoms with Crippen molar-refractivity contribution in [2.75, 3.05) is 0 Å². The van der Waals surface area contributed by atoms with Gasteiger partial charge in [0.05, 0.1) is 9.95 Å². The summed E-state index contributed by atoms with van der Waals surface area (Å²) >= 11 is 5.86. The number of pyridine rings is 1. The van der Waals surface area contributed by atoms with Crippen molar-refractivity contribution in [1.82, 2.24) is 14.6 Å². The molecule has 0 saturated heterocycles. The van der Waals surface area contributed by atoms with E-state index in [9.17, 15) is 14.5 Å². The number of nitrogens with zero attached hydrogens (tertiary/aromatic N) is 4. The summed E-state index contributed by atoms with van der Waals surface area (Å²) in [5.74, 6) is -0.697. The molecule has 0 N–H and O–H groups in total. The first kappa shape index (κ1) is 13.3. The van der Waals surface area contributed by atoms with Gasteiger partial charge in [-0.1, -0.05) is 11.6 Å². The zero-order valence-corrected chi connectivity index (χ0v) is 11.0. The van der Waals surface area contributed by atoms with Gasteiger partial charge in [-0.25, -0.2) is 9.50 Å². The number of fused-ring (bicyclic) bond motifs is 1. The fourth-order valence-electron chi connectivity index (χ4n) is 1.72. The second-order valence-electron chi connectivity index (χ2n) is 4.02. The van der Waals surface area contributed by atoms with Crippen LogP contribution < -0.4 is 4.74 Å². The van der Waals surface area contributed by atoms with Crippen molar-refractivity contribution in [2.45, 2.75) is 0 Å². The highest BCUT2D eigenvalue weighted by atomic mass is 35.5. The average molecular weight is 309 g/mol. The summed E-state index contributed by atoms with van der Waals surface area (Å²) in [5.41, 5.74) is -0.175. The van der Waals surface area contributed by atoms with Crippen LogP contribution in [0.25, 0.3) is 5.65 Å². The van der Waals surface area contributed by atoms with Gasteiger partial charge < -0.3 is 4.74 Å². The molecular formula is C12H6ClFN4O3. The summed E-state index contributed by atoms with van der Waals surface area (Å²) in [6.07, 6.45) is 2.98. The fourth-order valence-corrected chi connectivity index (χ4v) is 1.92. The number of ether oxygens (including phenoxy) is 1. The molecule has 0 saturated carbocycles. The molecule has 0 aliphatic heterocycles. The molecule has 21 heavy (non-hydrogen) atoms. The molecule has 0 amide bonds. The van der Waals surface area contributed by atoms with E-state index in [0.29, 0.717) is 11.4 Å². The Morgan fingerprint density at radius 1 is 1.38 bits per heavy atom. The van der Waals surface area contributed by atoms with Crippen LogP contribution in [0.2, 0.25) is 5.02 Å². The minimum Gasteiger partial charge on any atom is -0.455 e. The predicted octanol–water partition coefficient (Wildman–Crippen LogP) is 3.22. The zero-order chi connectivity index (χ0) is 15.0. The lowest BCUT2D eigenvalue weighted by Gasteiger charge is -2.08. The lowest BCUT2D eigenvalue weighted by atomic mass is 10.3. The number of benzene rings is 1. The molecule has 106 valence electrons. The molecule has 0 bridgehead atoms. The van der Waals surface area contributed by atoms with Gasteiger partial charge in [-0.05, 0) is 6.07 Å². The van der Waals surface area contributed by atoms with E-state index < -0.39 is 16.4 Å². The number of hydrogen-bond acceptors (Lipinski definition) is 5. The third-order valence-corrected chi connectivity index (χ3v) is 2.97. The normalized spacial score (nSPS) is 10.8. The number of nitro groups is 1.